The maximum absolute atomic E-state index is 16.0. The van der Waals surface area contributed by atoms with Crippen LogP contribution in [0.25, 0.3) is 0 Å². The van der Waals surface area contributed by atoms with E-state index in [0.29, 0.717) is 0 Å². The van der Waals surface area contributed by atoms with Crippen LogP contribution in [0.2, 0.25) is 0 Å². The number of hydrogen-bond acceptors (Lipinski definition) is 10. The first kappa shape index (κ1) is 30.1. The number of aromatic nitrogens is 2. The lowest BCUT2D eigenvalue weighted by molar-refractivity contribution is -0.175. The van der Waals surface area contributed by atoms with Gasteiger partial charge >= 0.3 is 17.6 Å². The van der Waals surface area contributed by atoms with Gasteiger partial charge in [0.2, 0.25) is 0 Å². The fraction of sp³-hybridized carbons (Fsp3) is 0.357. The number of benzene rings is 2. The molecule has 13 heteroatoms. The number of halogens is 2. The molecule has 6 N–H and O–H groups in total. The van der Waals surface area contributed by atoms with Crippen LogP contribution in [0.15, 0.2) is 77.7 Å². The molecule has 0 radical (unpaired) electrons. The average molecular weight is 588 g/mol. The summed E-state index contributed by atoms with van der Waals surface area (Å²) < 4.78 is 33.8. The SMILES string of the molecule is Nc1ccn([C@@H]2O[C@](CCl)(COC(=O)[C@@H](N)Cc3ccccc3)[C@@H](OC(=O)[C@H](N)Cc3ccccc3)[C@@H]2F)c(=O)n1. The van der Waals surface area contributed by atoms with E-state index in [9.17, 15) is 14.4 Å². The maximum Gasteiger partial charge on any atom is 0.351 e. The van der Waals surface area contributed by atoms with Crippen molar-refractivity contribution in [1.29, 1.82) is 0 Å². The smallest absolute Gasteiger partial charge is 0.351 e. The van der Waals surface area contributed by atoms with Gasteiger partial charge in [-0.25, -0.2) is 9.18 Å². The Morgan fingerprint density at radius 1 is 1.00 bits per heavy atom. The fourth-order valence-electron chi connectivity index (χ4n) is 4.49. The van der Waals surface area contributed by atoms with Gasteiger partial charge in [-0.3, -0.25) is 14.2 Å². The molecule has 11 nitrogen and oxygen atoms in total. The van der Waals surface area contributed by atoms with Gasteiger partial charge in [0.1, 0.15) is 24.5 Å². The van der Waals surface area contributed by atoms with Crippen LogP contribution < -0.4 is 22.9 Å². The number of esters is 2. The lowest BCUT2D eigenvalue weighted by Crippen LogP contribution is -2.53. The van der Waals surface area contributed by atoms with Crippen molar-refractivity contribution in [3.63, 3.8) is 0 Å². The minimum atomic E-state index is -2.12. The van der Waals surface area contributed by atoms with Crippen LogP contribution in [0.4, 0.5) is 10.2 Å². The monoisotopic (exact) mass is 587 g/mol. The van der Waals surface area contributed by atoms with Crippen LogP contribution in [0, 0.1) is 0 Å². The van der Waals surface area contributed by atoms with Gasteiger partial charge in [0.05, 0.1) is 5.88 Å². The van der Waals surface area contributed by atoms with Crippen molar-refractivity contribution in [3.05, 3.63) is 94.5 Å². The third kappa shape index (κ3) is 7.09. The Kier molecular flexibility index (Phi) is 9.71. The van der Waals surface area contributed by atoms with Crippen molar-refractivity contribution in [1.82, 2.24) is 9.55 Å². The molecule has 1 aliphatic heterocycles. The molecule has 41 heavy (non-hydrogen) atoms. The quantitative estimate of drug-likeness (QED) is 0.219. The summed E-state index contributed by atoms with van der Waals surface area (Å²) >= 11 is 6.27. The zero-order valence-corrected chi connectivity index (χ0v) is 22.7. The number of nitrogen functional groups attached to an aromatic ring is 1. The highest BCUT2D eigenvalue weighted by atomic mass is 35.5. The summed E-state index contributed by atoms with van der Waals surface area (Å²) in [6.45, 7) is -0.627. The Bertz CT molecular complexity index is 1400. The average Bonchev–Trinajstić information content (AvgIpc) is 3.23. The normalized spacial score (nSPS) is 23.5. The Morgan fingerprint density at radius 3 is 2.10 bits per heavy atom. The lowest BCUT2D eigenvalue weighted by Gasteiger charge is -2.32. The van der Waals surface area contributed by atoms with Crippen molar-refractivity contribution < 1.29 is 28.2 Å². The summed E-state index contributed by atoms with van der Waals surface area (Å²) in [6.07, 6.45) is -3.97. The third-order valence-electron chi connectivity index (χ3n) is 6.69. The minimum absolute atomic E-state index is 0.0838. The zero-order valence-electron chi connectivity index (χ0n) is 22.0. The number of ether oxygens (including phenoxy) is 3. The predicted molar refractivity (Wildman–Crippen MR) is 148 cm³/mol. The van der Waals surface area contributed by atoms with Crippen molar-refractivity contribution in [3.8, 4) is 0 Å². The number of nitrogens with zero attached hydrogens (tertiary/aromatic N) is 2. The molecule has 0 spiro atoms. The Balaban J connectivity index is 1.56. The first-order valence-corrected chi connectivity index (χ1v) is 13.4. The summed E-state index contributed by atoms with van der Waals surface area (Å²) in [6, 6.07) is 17.1. The Hall–Kier alpha value is -3.84. The molecule has 2 aromatic carbocycles. The van der Waals surface area contributed by atoms with Crippen LogP contribution in [0.3, 0.4) is 0 Å². The molecule has 6 atom stereocenters. The highest BCUT2D eigenvalue weighted by Crippen LogP contribution is 2.42. The van der Waals surface area contributed by atoms with Gasteiger partial charge in [-0.05, 0) is 30.0 Å². The standard InChI is InChI=1S/C28H31ClFN5O6/c29-15-28(16-39-25(36)19(31)13-17-7-3-1-4-8-17)23(40-26(37)20(32)14-18-9-5-2-6-10-18)22(30)24(41-28)35-12-11-21(33)34-27(35)38/h1-12,19-20,22-24H,13-16,31-32H2,(H2,33,34,38)/t19-,20+,22-,23-,24+,28+/m0/s1. The zero-order chi connectivity index (χ0) is 29.6. The minimum Gasteiger partial charge on any atom is -0.461 e. The van der Waals surface area contributed by atoms with Gasteiger partial charge in [-0.2, -0.15) is 4.98 Å². The molecule has 2 heterocycles. The molecular formula is C28H31ClFN5O6. The van der Waals surface area contributed by atoms with Gasteiger partial charge in [-0.1, -0.05) is 60.7 Å². The molecule has 1 fully saturated rings. The summed E-state index contributed by atoms with van der Waals surface area (Å²) in [4.78, 5) is 41.9. The lowest BCUT2D eigenvalue weighted by atomic mass is 9.98. The number of nitrogens with two attached hydrogens (primary N) is 3. The molecular weight excluding hydrogens is 557 g/mol. The molecule has 0 amide bonds. The Morgan fingerprint density at radius 2 is 1.56 bits per heavy atom. The molecule has 4 rings (SSSR count). The number of hydrogen-bond donors (Lipinski definition) is 3. The van der Waals surface area contributed by atoms with Crippen molar-refractivity contribution >= 4 is 29.4 Å². The van der Waals surface area contributed by atoms with E-state index in [1.165, 1.54) is 12.3 Å². The Labute approximate surface area is 240 Å². The predicted octanol–water partition coefficient (Wildman–Crippen LogP) is 1.27. The van der Waals surface area contributed by atoms with E-state index in [2.05, 4.69) is 4.98 Å². The van der Waals surface area contributed by atoms with E-state index in [0.717, 1.165) is 15.7 Å². The highest BCUT2D eigenvalue weighted by Gasteiger charge is 2.60. The van der Waals surface area contributed by atoms with Gasteiger partial charge in [0.15, 0.2) is 24.1 Å². The summed E-state index contributed by atoms with van der Waals surface area (Å²) in [7, 11) is 0. The molecule has 0 saturated carbocycles. The van der Waals surface area contributed by atoms with Gasteiger partial charge in [0, 0.05) is 6.20 Å². The first-order chi connectivity index (χ1) is 19.6. The number of anilines is 1. The van der Waals surface area contributed by atoms with E-state index < -0.39 is 66.3 Å². The molecule has 1 aliphatic rings. The van der Waals surface area contributed by atoms with Crippen LogP contribution >= 0.6 is 11.6 Å². The van der Waals surface area contributed by atoms with Gasteiger partial charge in [-0.15, -0.1) is 11.6 Å². The second-order valence-corrected chi connectivity index (χ2v) is 10.0. The van der Waals surface area contributed by atoms with E-state index in [-0.39, 0.29) is 18.7 Å². The van der Waals surface area contributed by atoms with Crippen LogP contribution in [0.1, 0.15) is 17.4 Å². The van der Waals surface area contributed by atoms with Gasteiger partial charge < -0.3 is 31.4 Å². The summed E-state index contributed by atoms with van der Waals surface area (Å²) in [5.41, 5.74) is 16.4. The molecule has 218 valence electrons. The van der Waals surface area contributed by atoms with Crippen molar-refractivity contribution in [2.45, 2.75) is 49.0 Å². The largest absolute Gasteiger partial charge is 0.461 e. The van der Waals surface area contributed by atoms with Gasteiger partial charge in [0.25, 0.3) is 0 Å². The van der Waals surface area contributed by atoms with E-state index in [1.54, 1.807) is 48.5 Å². The van der Waals surface area contributed by atoms with E-state index in [4.69, 9.17) is 43.0 Å². The molecule has 0 aliphatic carbocycles. The van der Waals surface area contributed by atoms with Crippen LogP contribution in [-0.2, 0) is 36.6 Å². The number of carbonyl (C=O) groups is 2. The molecule has 0 unspecified atom stereocenters. The number of rotatable bonds is 11. The number of carbonyl (C=O) groups excluding carboxylic acids is 2. The van der Waals surface area contributed by atoms with Crippen molar-refractivity contribution in [2.24, 2.45) is 11.5 Å². The van der Waals surface area contributed by atoms with E-state index in [1.807, 2.05) is 12.1 Å². The van der Waals surface area contributed by atoms with Crippen LogP contribution in [-0.4, -0.2) is 63.9 Å². The molecule has 3 aromatic rings. The third-order valence-corrected chi connectivity index (χ3v) is 7.14. The molecule has 1 saturated heterocycles. The first-order valence-electron chi connectivity index (χ1n) is 12.8. The number of alkyl halides is 2. The maximum atomic E-state index is 16.0. The summed E-state index contributed by atoms with van der Waals surface area (Å²) in [5, 5.41) is 0. The second kappa shape index (κ2) is 13.2. The highest BCUT2D eigenvalue weighted by molar-refractivity contribution is 6.18. The fourth-order valence-corrected chi connectivity index (χ4v) is 4.78. The summed E-state index contributed by atoms with van der Waals surface area (Å²) in [5.74, 6) is -2.30. The molecule has 1 aromatic heterocycles. The topological polar surface area (TPSA) is 175 Å². The molecule has 0 bridgehead atoms. The van der Waals surface area contributed by atoms with Crippen molar-refractivity contribution in [2.75, 3.05) is 18.2 Å². The van der Waals surface area contributed by atoms with E-state index >= 15 is 4.39 Å². The second-order valence-electron chi connectivity index (χ2n) is 9.75. The van der Waals surface area contributed by atoms with Crippen LogP contribution in [0.5, 0.6) is 0 Å².